The first-order valence-electron chi connectivity index (χ1n) is 7.86. The molecule has 0 saturated heterocycles. The highest BCUT2D eigenvalue weighted by atomic mass is 32.2. The summed E-state index contributed by atoms with van der Waals surface area (Å²) in [5.74, 6) is 0.549. The Morgan fingerprint density at radius 2 is 1.96 bits per heavy atom. The summed E-state index contributed by atoms with van der Waals surface area (Å²) >= 11 is 2.93. The molecule has 3 aromatic rings. The maximum atomic E-state index is 12.1. The zero-order valence-corrected chi connectivity index (χ0v) is 16.4. The van der Waals surface area contributed by atoms with Gasteiger partial charge in [0.1, 0.15) is 27.7 Å². The number of carbonyl (C=O) groups excluding carboxylic acids is 2. The second-order valence-electron chi connectivity index (χ2n) is 5.76. The van der Waals surface area contributed by atoms with E-state index in [0.29, 0.717) is 17.1 Å². The molecule has 0 spiro atoms. The Kier molecular flexibility index (Phi) is 5.28. The third kappa shape index (κ3) is 3.73. The van der Waals surface area contributed by atoms with E-state index < -0.39 is 5.91 Å². The average molecular weight is 390 g/mol. The number of amides is 2. The predicted molar refractivity (Wildman–Crippen MR) is 101 cm³/mol. The van der Waals surface area contributed by atoms with Crippen molar-refractivity contribution >= 4 is 45.1 Å². The number of nitrogens with zero attached hydrogens (tertiary/aromatic N) is 2. The fraction of sp³-hybridized carbons (Fsp3) is 0.294. The molecule has 0 aromatic carbocycles. The van der Waals surface area contributed by atoms with Gasteiger partial charge in [0.25, 0.3) is 5.91 Å². The van der Waals surface area contributed by atoms with E-state index in [2.05, 4.69) is 20.8 Å². The summed E-state index contributed by atoms with van der Waals surface area (Å²) in [5.41, 5.74) is 6.35. The van der Waals surface area contributed by atoms with Crippen molar-refractivity contribution < 1.29 is 14.0 Å². The lowest BCUT2D eigenvalue weighted by Crippen LogP contribution is -2.42. The molecule has 0 aliphatic rings. The van der Waals surface area contributed by atoms with Gasteiger partial charge in [0, 0.05) is 10.3 Å². The first kappa shape index (κ1) is 18.4. The van der Waals surface area contributed by atoms with Crippen LogP contribution in [0.5, 0.6) is 0 Å². The van der Waals surface area contributed by atoms with E-state index in [1.807, 2.05) is 13.8 Å². The van der Waals surface area contributed by atoms with Crippen LogP contribution in [-0.2, 0) is 4.79 Å². The summed E-state index contributed by atoms with van der Waals surface area (Å²) in [5, 5.41) is 1.75. The molecule has 3 heterocycles. The second-order valence-corrected chi connectivity index (χ2v) is 7.93. The summed E-state index contributed by atoms with van der Waals surface area (Å²) in [7, 11) is 0. The van der Waals surface area contributed by atoms with Crippen LogP contribution in [0, 0.1) is 27.7 Å². The summed E-state index contributed by atoms with van der Waals surface area (Å²) in [6, 6.07) is 1.63. The van der Waals surface area contributed by atoms with Gasteiger partial charge in [-0.3, -0.25) is 20.4 Å². The number of nitrogens with one attached hydrogen (secondary N) is 2. The van der Waals surface area contributed by atoms with E-state index in [-0.39, 0.29) is 11.7 Å². The summed E-state index contributed by atoms with van der Waals surface area (Å²) in [6.07, 6.45) is 1.50. The number of aryl methyl sites for hydroxylation is 4. The van der Waals surface area contributed by atoms with Gasteiger partial charge in [-0.25, -0.2) is 9.97 Å². The number of hydrogen-bond acceptors (Lipinski definition) is 7. The third-order valence-electron chi connectivity index (χ3n) is 3.87. The van der Waals surface area contributed by atoms with Gasteiger partial charge in [-0.1, -0.05) is 11.8 Å². The molecular weight excluding hydrogens is 372 g/mol. The minimum atomic E-state index is -0.411. The van der Waals surface area contributed by atoms with Crippen LogP contribution in [0.2, 0.25) is 0 Å². The normalized spacial score (nSPS) is 10.9. The second kappa shape index (κ2) is 7.46. The topological polar surface area (TPSA) is 97.1 Å². The van der Waals surface area contributed by atoms with E-state index in [0.717, 1.165) is 20.8 Å². The lowest BCUT2D eigenvalue weighted by molar-refractivity contribution is -0.119. The predicted octanol–water partition coefficient (Wildman–Crippen LogP) is 3.07. The highest BCUT2D eigenvalue weighted by Crippen LogP contribution is 2.34. The molecule has 0 radical (unpaired) electrons. The number of carbonyl (C=O) groups is 2. The van der Waals surface area contributed by atoms with Crippen molar-refractivity contribution in [2.45, 2.75) is 32.7 Å². The fourth-order valence-corrected chi connectivity index (χ4v) is 4.40. The Morgan fingerprint density at radius 3 is 2.65 bits per heavy atom. The Balaban J connectivity index is 1.60. The van der Waals surface area contributed by atoms with Crippen LogP contribution in [0.1, 0.15) is 32.3 Å². The molecule has 0 atom stereocenters. The number of fused-ring (bicyclic) bond motifs is 1. The molecule has 136 valence electrons. The largest absolute Gasteiger partial charge is 0.466 e. The van der Waals surface area contributed by atoms with Crippen LogP contribution in [0.25, 0.3) is 10.2 Å². The molecular formula is C17H18N4O3S2. The number of hydrogen-bond donors (Lipinski definition) is 2. The molecule has 0 fully saturated rings. The lowest BCUT2D eigenvalue weighted by atomic mass is 10.2. The van der Waals surface area contributed by atoms with Crippen LogP contribution in [0.3, 0.4) is 0 Å². The van der Waals surface area contributed by atoms with Crippen molar-refractivity contribution in [3.63, 3.8) is 0 Å². The van der Waals surface area contributed by atoms with Crippen molar-refractivity contribution in [2.75, 3.05) is 5.75 Å². The Bertz CT molecular complexity index is 993. The number of thiophene rings is 1. The van der Waals surface area contributed by atoms with Crippen LogP contribution >= 0.6 is 23.1 Å². The Hall–Kier alpha value is -2.39. The minimum absolute atomic E-state index is 0.129. The first-order chi connectivity index (χ1) is 12.4. The van der Waals surface area contributed by atoms with Gasteiger partial charge < -0.3 is 4.42 Å². The van der Waals surface area contributed by atoms with Gasteiger partial charge in [-0.2, -0.15) is 0 Å². The molecule has 26 heavy (non-hydrogen) atoms. The van der Waals surface area contributed by atoms with Crippen LogP contribution in [0.4, 0.5) is 0 Å². The molecule has 3 aromatic heterocycles. The number of furan rings is 1. The molecule has 0 unspecified atom stereocenters. The third-order valence-corrected chi connectivity index (χ3v) is 5.98. The number of hydrazine groups is 1. The fourth-order valence-electron chi connectivity index (χ4n) is 2.48. The van der Waals surface area contributed by atoms with Crippen molar-refractivity contribution in [1.82, 2.24) is 20.8 Å². The first-order valence-corrected chi connectivity index (χ1v) is 9.66. The van der Waals surface area contributed by atoms with Crippen LogP contribution in [-0.4, -0.2) is 27.5 Å². The van der Waals surface area contributed by atoms with Crippen molar-refractivity contribution in [1.29, 1.82) is 0 Å². The zero-order chi connectivity index (χ0) is 18.8. The average Bonchev–Trinajstić information content (AvgIpc) is 3.09. The van der Waals surface area contributed by atoms with Crippen LogP contribution < -0.4 is 10.9 Å². The number of rotatable bonds is 4. The molecule has 0 saturated carbocycles. The summed E-state index contributed by atoms with van der Waals surface area (Å²) in [4.78, 5) is 34.8. The summed E-state index contributed by atoms with van der Waals surface area (Å²) in [6.45, 7) is 7.52. The van der Waals surface area contributed by atoms with Gasteiger partial charge in [-0.15, -0.1) is 11.3 Å². The number of aromatic nitrogens is 2. The van der Waals surface area contributed by atoms with Gasteiger partial charge in [0.2, 0.25) is 5.91 Å². The van der Waals surface area contributed by atoms with Crippen molar-refractivity contribution in [3.8, 4) is 0 Å². The molecule has 2 N–H and O–H groups in total. The minimum Gasteiger partial charge on any atom is -0.466 e. The maximum absolute atomic E-state index is 12.1. The maximum Gasteiger partial charge on any atom is 0.273 e. The Morgan fingerprint density at radius 1 is 1.19 bits per heavy atom. The molecule has 9 heteroatoms. The van der Waals surface area contributed by atoms with Gasteiger partial charge in [0.05, 0.1) is 11.3 Å². The molecule has 7 nitrogen and oxygen atoms in total. The highest BCUT2D eigenvalue weighted by Gasteiger charge is 2.16. The lowest BCUT2D eigenvalue weighted by Gasteiger charge is -2.07. The van der Waals surface area contributed by atoms with Crippen molar-refractivity contribution in [3.05, 3.63) is 39.9 Å². The molecule has 0 aliphatic carbocycles. The van der Waals surface area contributed by atoms with Crippen LogP contribution in [0.15, 0.2) is 21.8 Å². The zero-order valence-electron chi connectivity index (χ0n) is 14.8. The van der Waals surface area contributed by atoms with E-state index in [9.17, 15) is 9.59 Å². The number of thioether (sulfide) groups is 1. The van der Waals surface area contributed by atoms with Gasteiger partial charge in [0.15, 0.2) is 0 Å². The van der Waals surface area contributed by atoms with Gasteiger partial charge >= 0.3 is 0 Å². The molecule has 0 aliphatic heterocycles. The highest BCUT2D eigenvalue weighted by molar-refractivity contribution is 8.00. The summed E-state index contributed by atoms with van der Waals surface area (Å²) < 4.78 is 5.31. The molecule has 2 amide bonds. The Labute approximate surface area is 158 Å². The van der Waals surface area contributed by atoms with Gasteiger partial charge in [-0.05, 0) is 39.3 Å². The SMILES string of the molecule is Cc1cc(C(=O)NNC(=O)CSc2ncnc3sc(C)c(C)c23)c(C)o1. The van der Waals surface area contributed by atoms with E-state index >= 15 is 0 Å². The monoisotopic (exact) mass is 390 g/mol. The van der Waals surface area contributed by atoms with E-state index in [1.165, 1.54) is 23.0 Å². The van der Waals surface area contributed by atoms with Crippen molar-refractivity contribution in [2.24, 2.45) is 0 Å². The molecule has 3 rings (SSSR count). The quantitative estimate of drug-likeness (QED) is 0.404. The smallest absolute Gasteiger partial charge is 0.273 e. The van der Waals surface area contributed by atoms with E-state index in [4.69, 9.17) is 4.42 Å². The standard InChI is InChI=1S/C17H18N4O3S2/c1-8-5-12(10(3)24-8)15(23)21-20-13(22)6-25-16-14-9(2)11(4)26-17(14)19-7-18-16/h5,7H,6H2,1-4H3,(H,20,22)(H,21,23). The van der Waals surface area contributed by atoms with E-state index in [1.54, 1.807) is 31.3 Å². The molecule has 0 bridgehead atoms.